The molecule has 3 rings (SSSR count). The highest BCUT2D eigenvalue weighted by molar-refractivity contribution is 7.47. The average molecular weight is 1690 g/mol. The molecule has 2 saturated heterocycles. The van der Waals surface area contributed by atoms with Gasteiger partial charge in [-0.25, -0.2) is 4.57 Å². The molecule has 3 fully saturated rings. The summed E-state index contributed by atoms with van der Waals surface area (Å²) in [5.41, 5.74) is 0. The smallest absolute Gasteiger partial charge is 0.463 e. The van der Waals surface area contributed by atoms with Crippen molar-refractivity contribution in [1.29, 1.82) is 0 Å². The zero-order valence-corrected chi connectivity index (χ0v) is 74.2. The van der Waals surface area contributed by atoms with E-state index in [1.165, 1.54) is 199 Å². The lowest BCUT2D eigenvalue weighted by Crippen LogP contribution is -2.70. The first kappa shape index (κ1) is 108. The summed E-state index contributed by atoms with van der Waals surface area (Å²) < 4.78 is 73.4. The minimum Gasteiger partial charge on any atom is -0.463 e. The number of unbranched alkanes of at least 4 members (excludes halogenated alkanes) is 51. The second-order valence-corrected chi connectivity index (χ2v) is 35.3. The quantitative estimate of drug-likeness (QED) is 0.00889. The zero-order valence-electron chi connectivity index (χ0n) is 73.3. The van der Waals surface area contributed by atoms with Gasteiger partial charge in [-0.2, -0.15) is 0 Å². The van der Waals surface area contributed by atoms with Crippen LogP contribution in [0, 0.1) is 0 Å². The Labute approximate surface area is 705 Å². The van der Waals surface area contributed by atoms with Gasteiger partial charge in [0.2, 0.25) is 0 Å². The van der Waals surface area contributed by atoms with E-state index in [4.69, 9.17) is 46.9 Å². The van der Waals surface area contributed by atoms with Gasteiger partial charge in [-0.05, 0) is 51.4 Å². The standard InChI is InChI=1S/C91H169O25P/c1-5-9-13-17-21-25-29-33-35-37-41-44-47-51-55-59-63-74(93)107-68-71(110-76(95)65-61-57-53-49-45-40-32-28-24-20-16-12-8-4)69-109-117(105,106)116-89-87(114-90-84(103)80(99)78(97)72(67-92)111-90)83(102)82(101)86(113-77(96)66-62-58-54-50-46-42-38-36-34-30-26-22-18-14-10-6-2)88(89)115-91-85(104)81(100)79(98)73(112-91)70-108-75(94)64-60-56-52-48-43-39-31-27-23-19-15-11-7-3/h39,43,71-73,78-92,97-104H,5-38,40-42,44-70H2,1-4H3,(H,105,106)/b43-39-. The van der Waals surface area contributed by atoms with Gasteiger partial charge < -0.3 is 88.7 Å². The molecule has 2 aliphatic heterocycles. The van der Waals surface area contributed by atoms with Crippen molar-refractivity contribution in [2.24, 2.45) is 0 Å². The second-order valence-electron chi connectivity index (χ2n) is 33.9. The Hall–Kier alpha value is -2.79. The van der Waals surface area contributed by atoms with Crippen LogP contribution in [-0.4, -0.2) is 205 Å². The lowest BCUT2D eigenvalue weighted by molar-refractivity contribution is -0.360. The van der Waals surface area contributed by atoms with E-state index in [9.17, 15) is 74.6 Å². The lowest BCUT2D eigenvalue weighted by atomic mass is 9.84. The van der Waals surface area contributed by atoms with Crippen molar-refractivity contribution in [2.45, 2.75) is 517 Å². The van der Waals surface area contributed by atoms with E-state index in [-0.39, 0.29) is 25.7 Å². The van der Waals surface area contributed by atoms with Crippen molar-refractivity contribution in [3.05, 3.63) is 12.2 Å². The third kappa shape index (κ3) is 50.7. The summed E-state index contributed by atoms with van der Waals surface area (Å²) in [6.07, 6.45) is 29.1. The highest BCUT2D eigenvalue weighted by Crippen LogP contribution is 2.49. The molecule has 0 radical (unpaired) electrons. The number of aliphatic hydroxyl groups excluding tert-OH is 9. The monoisotopic (exact) mass is 1690 g/mol. The molecule has 18 unspecified atom stereocenters. The maximum atomic E-state index is 14.9. The molecule has 0 spiro atoms. The summed E-state index contributed by atoms with van der Waals surface area (Å²) in [7, 11) is -5.80. The summed E-state index contributed by atoms with van der Waals surface area (Å²) >= 11 is 0. The Bertz CT molecular complexity index is 2480. The number of allylic oxidation sites excluding steroid dienone is 2. The van der Waals surface area contributed by atoms with Gasteiger partial charge in [0.15, 0.2) is 24.8 Å². The van der Waals surface area contributed by atoms with Gasteiger partial charge in [0.25, 0.3) is 0 Å². The van der Waals surface area contributed by atoms with Gasteiger partial charge >= 0.3 is 31.7 Å². The third-order valence-electron chi connectivity index (χ3n) is 23.3. The molecule has 117 heavy (non-hydrogen) atoms. The zero-order chi connectivity index (χ0) is 85.4. The number of aliphatic hydroxyl groups is 9. The fourth-order valence-corrected chi connectivity index (χ4v) is 16.7. The average Bonchev–Trinajstić information content (AvgIpc) is 0.754. The van der Waals surface area contributed by atoms with Crippen LogP contribution in [0.25, 0.3) is 0 Å². The van der Waals surface area contributed by atoms with E-state index in [0.717, 1.165) is 122 Å². The minimum atomic E-state index is -5.80. The number of phosphoric ester groups is 1. The number of carbonyl (C=O) groups is 4. The van der Waals surface area contributed by atoms with Crippen LogP contribution < -0.4 is 0 Å². The molecule has 1 saturated carbocycles. The predicted octanol–water partition coefficient (Wildman–Crippen LogP) is 17.6. The van der Waals surface area contributed by atoms with E-state index < -0.39 is 162 Å². The summed E-state index contributed by atoms with van der Waals surface area (Å²) in [4.78, 5) is 66.4. The van der Waals surface area contributed by atoms with Gasteiger partial charge in [-0.15, -0.1) is 0 Å². The summed E-state index contributed by atoms with van der Waals surface area (Å²) in [6.45, 7) is 5.61. The molecule has 3 aliphatic rings. The van der Waals surface area contributed by atoms with Crippen LogP contribution in [0.15, 0.2) is 12.2 Å². The van der Waals surface area contributed by atoms with E-state index in [2.05, 4.69) is 39.8 Å². The molecular weight excluding hydrogens is 1520 g/mol. The molecule has 0 aromatic heterocycles. The Morgan fingerprint density at radius 2 is 0.641 bits per heavy atom. The highest BCUT2D eigenvalue weighted by atomic mass is 31.2. The molecule has 18 atom stereocenters. The lowest BCUT2D eigenvalue weighted by Gasteiger charge is -2.50. The number of phosphoric acid groups is 1. The molecule has 1 aliphatic carbocycles. The normalized spacial score (nSPS) is 25.0. The molecule has 26 heteroatoms. The van der Waals surface area contributed by atoms with Gasteiger partial charge in [-0.1, -0.05) is 348 Å². The first-order valence-electron chi connectivity index (χ1n) is 47.4. The molecule has 0 aromatic rings. The van der Waals surface area contributed by atoms with Crippen LogP contribution in [-0.2, 0) is 70.7 Å². The van der Waals surface area contributed by atoms with Crippen LogP contribution in [0.1, 0.15) is 413 Å². The molecule has 0 amide bonds. The minimum absolute atomic E-state index is 0.00421. The molecule has 2 heterocycles. The van der Waals surface area contributed by atoms with Gasteiger partial charge in [0.05, 0.1) is 13.2 Å². The van der Waals surface area contributed by atoms with Gasteiger partial charge in [0, 0.05) is 25.7 Å². The summed E-state index contributed by atoms with van der Waals surface area (Å²) in [6, 6.07) is 0. The van der Waals surface area contributed by atoms with Crippen LogP contribution in [0.4, 0.5) is 0 Å². The fourth-order valence-electron chi connectivity index (χ4n) is 15.7. The van der Waals surface area contributed by atoms with Gasteiger partial charge in [-0.3, -0.25) is 28.2 Å². The van der Waals surface area contributed by atoms with Gasteiger partial charge in [0.1, 0.15) is 92.6 Å². The van der Waals surface area contributed by atoms with Crippen molar-refractivity contribution in [3.8, 4) is 0 Å². The van der Waals surface area contributed by atoms with Crippen molar-refractivity contribution < 1.29 is 122 Å². The Balaban J connectivity index is 1.91. The molecule has 688 valence electrons. The van der Waals surface area contributed by atoms with Crippen molar-refractivity contribution >= 4 is 31.7 Å². The molecule has 10 N–H and O–H groups in total. The molecule has 25 nitrogen and oxygen atoms in total. The third-order valence-corrected chi connectivity index (χ3v) is 24.3. The van der Waals surface area contributed by atoms with E-state index in [0.29, 0.717) is 38.5 Å². The van der Waals surface area contributed by atoms with E-state index >= 15 is 0 Å². The highest BCUT2D eigenvalue weighted by Gasteiger charge is 2.60. The van der Waals surface area contributed by atoms with Crippen molar-refractivity contribution in [2.75, 3.05) is 26.4 Å². The Morgan fingerprint density at radius 1 is 0.333 bits per heavy atom. The molecule has 0 aromatic carbocycles. The number of rotatable bonds is 77. The van der Waals surface area contributed by atoms with Crippen molar-refractivity contribution in [1.82, 2.24) is 0 Å². The maximum absolute atomic E-state index is 14.9. The van der Waals surface area contributed by atoms with Crippen LogP contribution >= 0.6 is 7.82 Å². The maximum Gasteiger partial charge on any atom is 0.472 e. The number of carbonyl (C=O) groups excluding carboxylic acids is 4. The Morgan fingerprint density at radius 3 is 1.03 bits per heavy atom. The van der Waals surface area contributed by atoms with Crippen LogP contribution in [0.5, 0.6) is 0 Å². The Kier molecular flexibility index (Phi) is 65.3. The molecular formula is C91H169O25P. The fraction of sp³-hybridized carbons (Fsp3) is 0.934. The first-order valence-corrected chi connectivity index (χ1v) is 48.9. The number of hydrogen-bond donors (Lipinski definition) is 10. The van der Waals surface area contributed by atoms with Crippen molar-refractivity contribution in [3.63, 3.8) is 0 Å². The largest absolute Gasteiger partial charge is 0.472 e. The van der Waals surface area contributed by atoms with E-state index in [1.54, 1.807) is 0 Å². The topological polar surface area (TPSA) is 380 Å². The van der Waals surface area contributed by atoms with Crippen LogP contribution in [0.2, 0.25) is 0 Å². The molecule has 0 bridgehead atoms. The summed E-state index contributed by atoms with van der Waals surface area (Å²) in [5, 5.41) is 102. The second kappa shape index (κ2) is 70.5. The number of hydrogen-bond acceptors (Lipinski definition) is 24. The SMILES string of the molecule is CCCCCCCC/C=C\CCCCCC(=O)OCC1OC(OC2C(OC(=O)CCCCCCCCCCCCCCCCCC)C(O)C(O)C(OC3OC(CO)C(O)C(O)C3O)C2OP(=O)(O)OCC(COC(=O)CCCCCCCCCCCCCCCCCC)OC(=O)CCCCCCCCCCCCCCC)C(O)C(O)C1O. The number of esters is 4. The van der Waals surface area contributed by atoms with E-state index in [1.807, 2.05) is 0 Å². The first-order chi connectivity index (χ1) is 56.7. The predicted molar refractivity (Wildman–Crippen MR) is 453 cm³/mol. The van der Waals surface area contributed by atoms with Crippen LogP contribution in [0.3, 0.4) is 0 Å². The summed E-state index contributed by atoms with van der Waals surface area (Å²) in [5.74, 6) is -2.96. The number of ether oxygens (including phenoxy) is 8.